The minimum absolute atomic E-state index is 0.661. The normalized spacial score (nSPS) is 21.5. The molecule has 1 heteroatoms. The molecule has 0 unspecified atom stereocenters. The molecule has 74 valence electrons. The Bertz CT molecular complexity index is 97.6. The van der Waals surface area contributed by atoms with Crippen LogP contribution < -0.4 is 5.73 Å². The highest BCUT2D eigenvalue weighted by atomic mass is 14.5. The van der Waals surface area contributed by atoms with Gasteiger partial charge in [0.1, 0.15) is 0 Å². The van der Waals surface area contributed by atoms with Gasteiger partial charge in [0.2, 0.25) is 0 Å². The minimum Gasteiger partial charge on any atom is -0.330 e. The van der Waals surface area contributed by atoms with Crippen LogP contribution in [-0.2, 0) is 0 Å². The van der Waals surface area contributed by atoms with Crippen LogP contribution in [0.2, 0.25) is 0 Å². The SMILES string of the molecule is CC[C@H](C)[C@H](C)[C@@H](C)[C@H](C)CN. The average molecular weight is 171 g/mol. The maximum atomic E-state index is 5.65. The first-order valence-electron chi connectivity index (χ1n) is 5.24. The van der Waals surface area contributed by atoms with Crippen molar-refractivity contribution in [2.45, 2.75) is 41.0 Å². The molecule has 0 fully saturated rings. The fraction of sp³-hybridized carbons (Fsp3) is 1.00. The third kappa shape index (κ3) is 3.14. The summed E-state index contributed by atoms with van der Waals surface area (Å²) in [6.07, 6.45) is 1.28. The quantitative estimate of drug-likeness (QED) is 0.676. The summed E-state index contributed by atoms with van der Waals surface area (Å²) in [4.78, 5) is 0. The molecule has 0 aromatic rings. The van der Waals surface area contributed by atoms with Crippen LogP contribution in [0.4, 0.5) is 0 Å². The summed E-state index contributed by atoms with van der Waals surface area (Å²) in [6.45, 7) is 12.4. The highest BCUT2D eigenvalue weighted by molar-refractivity contribution is 4.72. The second kappa shape index (κ2) is 5.58. The van der Waals surface area contributed by atoms with Gasteiger partial charge in [-0.2, -0.15) is 0 Å². The van der Waals surface area contributed by atoms with Gasteiger partial charge in [0.25, 0.3) is 0 Å². The zero-order valence-electron chi connectivity index (χ0n) is 9.30. The van der Waals surface area contributed by atoms with Crippen molar-refractivity contribution >= 4 is 0 Å². The first-order chi connectivity index (χ1) is 5.54. The first-order valence-corrected chi connectivity index (χ1v) is 5.24. The molecule has 0 aromatic heterocycles. The minimum atomic E-state index is 0.661. The summed E-state index contributed by atoms with van der Waals surface area (Å²) >= 11 is 0. The molecule has 0 bridgehead atoms. The van der Waals surface area contributed by atoms with Gasteiger partial charge in [-0.3, -0.25) is 0 Å². The van der Waals surface area contributed by atoms with E-state index in [0.29, 0.717) is 5.92 Å². The van der Waals surface area contributed by atoms with Crippen LogP contribution >= 0.6 is 0 Å². The van der Waals surface area contributed by atoms with Gasteiger partial charge in [-0.1, -0.05) is 41.0 Å². The molecule has 1 nitrogen and oxygen atoms in total. The van der Waals surface area contributed by atoms with Crippen molar-refractivity contribution in [2.75, 3.05) is 6.54 Å². The molecular formula is C11H25N. The van der Waals surface area contributed by atoms with Crippen LogP contribution in [0.1, 0.15) is 41.0 Å². The van der Waals surface area contributed by atoms with E-state index in [1.165, 1.54) is 6.42 Å². The summed E-state index contributed by atoms with van der Waals surface area (Å²) in [6, 6.07) is 0. The highest BCUT2D eigenvalue weighted by Gasteiger charge is 2.21. The van der Waals surface area contributed by atoms with Gasteiger partial charge >= 0.3 is 0 Å². The van der Waals surface area contributed by atoms with Crippen molar-refractivity contribution in [1.82, 2.24) is 0 Å². The van der Waals surface area contributed by atoms with Gasteiger partial charge < -0.3 is 5.73 Å². The largest absolute Gasteiger partial charge is 0.330 e. The first kappa shape index (κ1) is 12.0. The van der Waals surface area contributed by atoms with Gasteiger partial charge in [-0.25, -0.2) is 0 Å². The Kier molecular flexibility index (Phi) is 5.56. The fourth-order valence-corrected chi connectivity index (χ4v) is 1.62. The van der Waals surface area contributed by atoms with Crippen LogP contribution in [0, 0.1) is 23.7 Å². The molecule has 0 aliphatic carbocycles. The van der Waals surface area contributed by atoms with Crippen LogP contribution in [0.25, 0.3) is 0 Å². The molecule has 0 aliphatic heterocycles. The Hall–Kier alpha value is -0.0400. The Labute approximate surface area is 77.7 Å². The van der Waals surface area contributed by atoms with Crippen LogP contribution in [-0.4, -0.2) is 6.54 Å². The lowest BCUT2D eigenvalue weighted by Crippen LogP contribution is -2.26. The molecule has 0 heterocycles. The fourth-order valence-electron chi connectivity index (χ4n) is 1.62. The van der Waals surface area contributed by atoms with Crippen LogP contribution in [0.3, 0.4) is 0 Å². The van der Waals surface area contributed by atoms with E-state index in [2.05, 4.69) is 34.6 Å². The summed E-state index contributed by atoms with van der Waals surface area (Å²) < 4.78 is 0. The van der Waals surface area contributed by atoms with E-state index in [9.17, 15) is 0 Å². The third-order valence-electron chi connectivity index (χ3n) is 3.64. The molecule has 12 heavy (non-hydrogen) atoms. The molecule has 2 N–H and O–H groups in total. The average Bonchev–Trinajstić information content (AvgIpc) is 2.12. The predicted octanol–water partition coefficient (Wildman–Crippen LogP) is 2.90. The van der Waals surface area contributed by atoms with Crippen molar-refractivity contribution in [3.63, 3.8) is 0 Å². The van der Waals surface area contributed by atoms with Crippen molar-refractivity contribution < 1.29 is 0 Å². The Balaban J connectivity index is 3.99. The molecule has 0 spiro atoms. The maximum Gasteiger partial charge on any atom is -0.00489 e. The van der Waals surface area contributed by atoms with Gasteiger partial charge in [0.05, 0.1) is 0 Å². The summed E-state index contributed by atoms with van der Waals surface area (Å²) in [5.74, 6) is 3.04. The Morgan fingerprint density at radius 1 is 0.917 bits per heavy atom. The number of nitrogens with two attached hydrogens (primary N) is 1. The van der Waals surface area contributed by atoms with E-state index < -0.39 is 0 Å². The van der Waals surface area contributed by atoms with Gasteiger partial charge in [-0.05, 0) is 30.2 Å². The van der Waals surface area contributed by atoms with Gasteiger partial charge in [0.15, 0.2) is 0 Å². The van der Waals surface area contributed by atoms with E-state index in [4.69, 9.17) is 5.73 Å². The van der Waals surface area contributed by atoms with Crippen LogP contribution in [0.15, 0.2) is 0 Å². The summed E-state index contributed by atoms with van der Waals surface area (Å²) in [7, 11) is 0. The van der Waals surface area contributed by atoms with Crippen LogP contribution in [0.5, 0.6) is 0 Å². The van der Waals surface area contributed by atoms with Crippen molar-refractivity contribution in [3.05, 3.63) is 0 Å². The number of hydrogen-bond donors (Lipinski definition) is 1. The molecule has 4 atom stereocenters. The lowest BCUT2D eigenvalue weighted by Gasteiger charge is -2.29. The van der Waals surface area contributed by atoms with E-state index in [1.54, 1.807) is 0 Å². The van der Waals surface area contributed by atoms with Crippen molar-refractivity contribution in [2.24, 2.45) is 29.4 Å². The maximum absolute atomic E-state index is 5.65. The Morgan fingerprint density at radius 2 is 1.33 bits per heavy atom. The number of rotatable bonds is 5. The lowest BCUT2D eigenvalue weighted by molar-refractivity contribution is 0.212. The van der Waals surface area contributed by atoms with Crippen molar-refractivity contribution in [1.29, 1.82) is 0 Å². The molecule has 0 saturated heterocycles. The molecule has 0 radical (unpaired) electrons. The molecule has 0 aromatic carbocycles. The van der Waals surface area contributed by atoms with Crippen molar-refractivity contribution in [3.8, 4) is 0 Å². The molecule has 0 aliphatic rings. The lowest BCUT2D eigenvalue weighted by atomic mass is 9.77. The predicted molar refractivity (Wildman–Crippen MR) is 56.0 cm³/mol. The smallest absolute Gasteiger partial charge is 0.00489 e. The standard InChI is InChI=1S/C11H25N/c1-6-8(2)10(4)11(5)9(3)7-12/h8-11H,6-7,12H2,1-5H3/t8-,9+,10-,11-/m0/s1. The van der Waals surface area contributed by atoms with E-state index >= 15 is 0 Å². The van der Waals surface area contributed by atoms with E-state index in [0.717, 1.165) is 24.3 Å². The molecule has 0 rings (SSSR count). The highest BCUT2D eigenvalue weighted by Crippen LogP contribution is 2.27. The number of hydrogen-bond acceptors (Lipinski definition) is 1. The second-order valence-corrected chi connectivity index (χ2v) is 4.32. The molecular weight excluding hydrogens is 146 g/mol. The Morgan fingerprint density at radius 3 is 1.67 bits per heavy atom. The van der Waals surface area contributed by atoms with E-state index in [1.807, 2.05) is 0 Å². The summed E-state index contributed by atoms with van der Waals surface area (Å²) in [5.41, 5.74) is 5.65. The molecule has 0 saturated carbocycles. The monoisotopic (exact) mass is 171 g/mol. The molecule has 0 amide bonds. The zero-order valence-corrected chi connectivity index (χ0v) is 9.30. The van der Waals surface area contributed by atoms with E-state index in [-0.39, 0.29) is 0 Å². The third-order valence-corrected chi connectivity index (χ3v) is 3.64. The topological polar surface area (TPSA) is 26.0 Å². The zero-order chi connectivity index (χ0) is 9.72. The van der Waals surface area contributed by atoms with Gasteiger partial charge in [0, 0.05) is 0 Å². The summed E-state index contributed by atoms with van der Waals surface area (Å²) in [5, 5.41) is 0. The van der Waals surface area contributed by atoms with Gasteiger partial charge in [-0.15, -0.1) is 0 Å². The second-order valence-electron chi connectivity index (χ2n) is 4.32.